The number of likely N-dealkylation sites (tertiary alicyclic amines) is 1. The first-order chi connectivity index (χ1) is 13.6. The molecule has 7 nitrogen and oxygen atoms in total. The Kier molecular flexibility index (Phi) is 7.13. The van der Waals surface area contributed by atoms with Crippen LogP contribution in [0.1, 0.15) is 32.3 Å². The number of guanidine groups is 1. The Hall–Kier alpha value is -2.29. The number of benzene rings is 1. The van der Waals surface area contributed by atoms with E-state index in [9.17, 15) is 8.78 Å². The van der Waals surface area contributed by atoms with Crippen molar-refractivity contribution in [2.45, 2.75) is 45.9 Å². The molecule has 2 N–H and O–H groups in total. The molecule has 2 heterocycles. The van der Waals surface area contributed by atoms with Crippen molar-refractivity contribution in [3.8, 4) is 17.2 Å². The number of nitrogens with one attached hydrogen (secondary N) is 2. The van der Waals surface area contributed by atoms with E-state index in [1.54, 1.807) is 6.07 Å². The standard InChI is InChI=1S/C19H28F2N4O3/c1-3-22-19(24-11-14-6-5-7-25(14)4-2)23-10-13-8-16-17(27-12-26-16)9-15(13)28-18(20)21/h8-9,14,18H,3-7,10-12H2,1-2H3,(H2,22,23,24). The lowest BCUT2D eigenvalue weighted by molar-refractivity contribution is -0.0505. The van der Waals surface area contributed by atoms with Crippen LogP contribution in [0.3, 0.4) is 0 Å². The van der Waals surface area contributed by atoms with E-state index in [1.165, 1.54) is 12.5 Å². The molecule has 1 aromatic carbocycles. The fraction of sp³-hybridized carbons (Fsp3) is 0.632. The number of likely N-dealkylation sites (N-methyl/N-ethyl adjacent to an activating group) is 1. The normalized spacial score (nSPS) is 19.3. The molecule has 0 spiro atoms. The molecule has 1 fully saturated rings. The van der Waals surface area contributed by atoms with Crippen LogP contribution in [0.4, 0.5) is 8.78 Å². The predicted molar refractivity (Wildman–Crippen MR) is 102 cm³/mol. The molecule has 9 heteroatoms. The maximum atomic E-state index is 12.8. The van der Waals surface area contributed by atoms with Crippen molar-refractivity contribution in [2.24, 2.45) is 4.99 Å². The molecule has 156 valence electrons. The summed E-state index contributed by atoms with van der Waals surface area (Å²) >= 11 is 0. The zero-order chi connectivity index (χ0) is 19.9. The van der Waals surface area contributed by atoms with Crippen LogP contribution >= 0.6 is 0 Å². The molecule has 0 saturated carbocycles. The molecular weight excluding hydrogens is 370 g/mol. The molecule has 0 amide bonds. The third-order valence-electron chi connectivity index (χ3n) is 4.93. The highest BCUT2D eigenvalue weighted by atomic mass is 19.3. The van der Waals surface area contributed by atoms with Gasteiger partial charge in [-0.15, -0.1) is 0 Å². The fourth-order valence-corrected chi connectivity index (χ4v) is 3.56. The lowest BCUT2D eigenvalue weighted by Crippen LogP contribution is -2.44. The number of hydrogen-bond acceptors (Lipinski definition) is 5. The zero-order valence-corrected chi connectivity index (χ0v) is 16.3. The average Bonchev–Trinajstić information content (AvgIpc) is 3.31. The first-order valence-electron chi connectivity index (χ1n) is 9.74. The maximum absolute atomic E-state index is 12.8. The summed E-state index contributed by atoms with van der Waals surface area (Å²) in [4.78, 5) is 6.99. The Morgan fingerprint density at radius 3 is 2.79 bits per heavy atom. The van der Waals surface area contributed by atoms with E-state index in [1.807, 2.05) is 6.92 Å². The SMILES string of the molecule is CCNC(=NCc1cc2c(cc1OC(F)F)OCO2)NCC1CCCN1CC. The van der Waals surface area contributed by atoms with Gasteiger partial charge in [-0.2, -0.15) is 8.78 Å². The number of hydrogen-bond donors (Lipinski definition) is 2. The zero-order valence-electron chi connectivity index (χ0n) is 16.3. The van der Waals surface area contributed by atoms with Gasteiger partial charge in [-0.05, 0) is 38.9 Å². The summed E-state index contributed by atoms with van der Waals surface area (Å²) < 4.78 is 40.8. The van der Waals surface area contributed by atoms with E-state index >= 15 is 0 Å². The van der Waals surface area contributed by atoms with E-state index in [4.69, 9.17) is 9.47 Å². The number of nitrogens with zero attached hydrogens (tertiary/aromatic N) is 2. The van der Waals surface area contributed by atoms with Gasteiger partial charge < -0.3 is 24.8 Å². The number of halogens is 2. The van der Waals surface area contributed by atoms with Gasteiger partial charge in [0.2, 0.25) is 6.79 Å². The molecule has 0 bridgehead atoms. The van der Waals surface area contributed by atoms with Crippen LogP contribution < -0.4 is 24.8 Å². The monoisotopic (exact) mass is 398 g/mol. The fourth-order valence-electron chi connectivity index (χ4n) is 3.56. The van der Waals surface area contributed by atoms with Crippen molar-refractivity contribution in [2.75, 3.05) is 33.0 Å². The molecule has 28 heavy (non-hydrogen) atoms. The van der Waals surface area contributed by atoms with Crippen molar-refractivity contribution in [1.29, 1.82) is 0 Å². The molecule has 1 aromatic rings. The van der Waals surface area contributed by atoms with Gasteiger partial charge in [0, 0.05) is 30.8 Å². The Morgan fingerprint density at radius 1 is 1.29 bits per heavy atom. The summed E-state index contributed by atoms with van der Waals surface area (Å²) in [6, 6.07) is 3.55. The highest BCUT2D eigenvalue weighted by Gasteiger charge is 2.23. The van der Waals surface area contributed by atoms with E-state index in [-0.39, 0.29) is 19.1 Å². The summed E-state index contributed by atoms with van der Waals surface area (Å²) in [7, 11) is 0. The lowest BCUT2D eigenvalue weighted by atomic mass is 10.1. The second-order valence-corrected chi connectivity index (χ2v) is 6.69. The van der Waals surface area contributed by atoms with Gasteiger partial charge >= 0.3 is 6.61 Å². The number of ether oxygens (including phenoxy) is 3. The molecule has 2 aliphatic heterocycles. The Bertz CT molecular complexity index is 687. The molecule has 3 rings (SSSR count). The van der Waals surface area contributed by atoms with E-state index < -0.39 is 6.61 Å². The smallest absolute Gasteiger partial charge is 0.387 e. The average molecular weight is 398 g/mol. The third kappa shape index (κ3) is 5.15. The quantitative estimate of drug-likeness (QED) is 0.518. The second-order valence-electron chi connectivity index (χ2n) is 6.69. The summed E-state index contributed by atoms with van der Waals surface area (Å²) in [6.45, 7) is 5.13. The van der Waals surface area contributed by atoms with Crippen molar-refractivity contribution in [1.82, 2.24) is 15.5 Å². The van der Waals surface area contributed by atoms with Crippen LogP contribution in [0.15, 0.2) is 17.1 Å². The molecular formula is C19H28F2N4O3. The van der Waals surface area contributed by atoms with E-state index in [2.05, 4.69) is 32.2 Å². The predicted octanol–water partition coefficient (Wildman–Crippen LogP) is 2.56. The molecule has 0 aliphatic carbocycles. The molecule has 0 aromatic heterocycles. The Balaban J connectivity index is 1.69. The topological polar surface area (TPSA) is 67.4 Å². The summed E-state index contributed by atoms with van der Waals surface area (Å²) in [5.74, 6) is 1.60. The first-order valence-corrected chi connectivity index (χ1v) is 9.74. The van der Waals surface area contributed by atoms with Crippen LogP contribution in [-0.2, 0) is 6.54 Å². The minimum atomic E-state index is -2.92. The minimum Gasteiger partial charge on any atom is -0.454 e. The van der Waals surface area contributed by atoms with Crippen molar-refractivity contribution in [3.63, 3.8) is 0 Å². The van der Waals surface area contributed by atoms with Gasteiger partial charge in [-0.1, -0.05) is 6.92 Å². The number of rotatable bonds is 8. The van der Waals surface area contributed by atoms with Gasteiger partial charge in [-0.25, -0.2) is 4.99 Å². The molecule has 0 radical (unpaired) electrons. The van der Waals surface area contributed by atoms with Crippen molar-refractivity contribution in [3.05, 3.63) is 17.7 Å². The van der Waals surface area contributed by atoms with Crippen LogP contribution in [0.2, 0.25) is 0 Å². The molecule has 2 aliphatic rings. The lowest BCUT2D eigenvalue weighted by Gasteiger charge is -2.24. The largest absolute Gasteiger partial charge is 0.454 e. The Morgan fingerprint density at radius 2 is 2.07 bits per heavy atom. The van der Waals surface area contributed by atoms with Crippen molar-refractivity contribution < 1.29 is 23.0 Å². The van der Waals surface area contributed by atoms with Crippen molar-refractivity contribution >= 4 is 5.96 Å². The third-order valence-corrected chi connectivity index (χ3v) is 4.93. The van der Waals surface area contributed by atoms with Crippen LogP contribution in [0.25, 0.3) is 0 Å². The highest BCUT2D eigenvalue weighted by molar-refractivity contribution is 5.79. The van der Waals surface area contributed by atoms with Gasteiger partial charge in [0.15, 0.2) is 17.5 Å². The number of fused-ring (bicyclic) bond motifs is 1. The minimum absolute atomic E-state index is 0.0480. The summed E-state index contributed by atoms with van der Waals surface area (Å²) in [6.07, 6.45) is 2.37. The van der Waals surface area contributed by atoms with Gasteiger partial charge in [-0.3, -0.25) is 4.90 Å². The number of aliphatic imine (C=N–C) groups is 1. The number of alkyl halides is 2. The summed E-state index contributed by atoms with van der Waals surface area (Å²) in [5, 5.41) is 6.56. The Labute approximate surface area is 164 Å². The van der Waals surface area contributed by atoms with E-state index in [0.29, 0.717) is 35.6 Å². The maximum Gasteiger partial charge on any atom is 0.387 e. The van der Waals surface area contributed by atoms with Crippen LogP contribution in [0.5, 0.6) is 17.2 Å². The first kappa shape index (κ1) is 20.4. The van der Waals surface area contributed by atoms with Gasteiger partial charge in [0.05, 0.1) is 6.54 Å². The molecule has 1 saturated heterocycles. The molecule has 1 atom stereocenters. The van der Waals surface area contributed by atoms with Crippen LogP contribution in [-0.4, -0.2) is 56.5 Å². The second kappa shape index (κ2) is 9.77. The van der Waals surface area contributed by atoms with E-state index in [0.717, 1.165) is 26.1 Å². The molecule has 1 unspecified atom stereocenters. The van der Waals surface area contributed by atoms with Crippen LogP contribution in [0, 0.1) is 0 Å². The van der Waals surface area contributed by atoms with Gasteiger partial charge in [0.1, 0.15) is 5.75 Å². The highest BCUT2D eigenvalue weighted by Crippen LogP contribution is 2.39. The van der Waals surface area contributed by atoms with Gasteiger partial charge in [0.25, 0.3) is 0 Å². The summed E-state index contributed by atoms with van der Waals surface area (Å²) in [5.41, 5.74) is 0.512.